The highest BCUT2D eigenvalue weighted by molar-refractivity contribution is 7.86. The highest BCUT2D eigenvalue weighted by Gasteiger charge is 2.35. The van der Waals surface area contributed by atoms with Crippen molar-refractivity contribution in [3.63, 3.8) is 0 Å². The molecule has 1 heterocycles. The number of benzene rings is 1. The lowest BCUT2D eigenvalue weighted by Crippen LogP contribution is -2.26. The molecule has 0 aromatic heterocycles. The molecule has 1 unspecified atom stereocenters. The number of nitrogens with zero attached hydrogens (tertiary/aromatic N) is 1. The number of amides is 1. The van der Waals surface area contributed by atoms with Crippen molar-refractivity contribution in [1.29, 1.82) is 0 Å². The van der Waals surface area contributed by atoms with Crippen LogP contribution in [0.4, 0.5) is 14.0 Å². The predicted octanol–water partition coefficient (Wildman–Crippen LogP) is 2.78. The van der Waals surface area contributed by atoms with Crippen LogP contribution in [0, 0.1) is 11.7 Å². The van der Waals surface area contributed by atoms with Crippen LogP contribution in [0.25, 0.3) is 0 Å². The number of hydrogen-bond donors (Lipinski definition) is 0. The van der Waals surface area contributed by atoms with Gasteiger partial charge in [0, 0.05) is 23.9 Å². The molecule has 20 heavy (non-hydrogen) atoms. The number of carbonyl (C=O) groups is 1. The third kappa shape index (κ3) is 3.39. The van der Waals surface area contributed by atoms with Gasteiger partial charge in [-0.1, -0.05) is 23.2 Å². The molecular formula is C11H9Cl2F2NO3S. The molecule has 0 spiro atoms. The summed E-state index contributed by atoms with van der Waals surface area (Å²) in [4.78, 5) is 12.8. The van der Waals surface area contributed by atoms with E-state index in [1.807, 2.05) is 0 Å². The molecule has 1 aliphatic rings. The molecule has 1 amide bonds. The number of rotatable bonds is 3. The molecule has 0 N–H and O–H groups in total. The summed E-state index contributed by atoms with van der Waals surface area (Å²) >= 11 is 11.4. The molecule has 1 aromatic carbocycles. The maximum atomic E-state index is 13.9. The van der Waals surface area contributed by atoms with Crippen molar-refractivity contribution in [2.24, 2.45) is 5.92 Å². The van der Waals surface area contributed by atoms with Crippen molar-refractivity contribution in [1.82, 2.24) is 0 Å². The first-order valence-corrected chi connectivity index (χ1v) is 7.85. The number of halogens is 4. The monoisotopic (exact) mass is 343 g/mol. The average molecular weight is 344 g/mol. The Morgan fingerprint density at radius 1 is 1.35 bits per heavy atom. The Morgan fingerprint density at radius 2 is 2.00 bits per heavy atom. The Kier molecular flexibility index (Phi) is 4.22. The van der Waals surface area contributed by atoms with Crippen molar-refractivity contribution in [3.8, 4) is 0 Å². The summed E-state index contributed by atoms with van der Waals surface area (Å²) in [6.07, 6.45) is -0.174. The summed E-state index contributed by atoms with van der Waals surface area (Å²) in [6, 6.07) is 2.40. The Morgan fingerprint density at radius 3 is 2.60 bits per heavy atom. The van der Waals surface area contributed by atoms with Gasteiger partial charge < -0.3 is 4.90 Å². The van der Waals surface area contributed by atoms with Crippen molar-refractivity contribution >= 4 is 45.0 Å². The van der Waals surface area contributed by atoms with Crippen molar-refractivity contribution in [2.45, 2.75) is 6.42 Å². The molecule has 0 radical (unpaired) electrons. The fraction of sp³-hybridized carbons (Fsp3) is 0.364. The number of anilines is 1. The van der Waals surface area contributed by atoms with Gasteiger partial charge in [-0.3, -0.25) is 4.79 Å². The zero-order valence-electron chi connectivity index (χ0n) is 9.95. The van der Waals surface area contributed by atoms with E-state index in [1.165, 1.54) is 12.1 Å². The van der Waals surface area contributed by atoms with Crippen LogP contribution in [0.2, 0.25) is 10.0 Å². The predicted molar refractivity (Wildman–Crippen MR) is 71.8 cm³/mol. The van der Waals surface area contributed by atoms with Crippen LogP contribution in [0.5, 0.6) is 0 Å². The second kappa shape index (κ2) is 5.46. The van der Waals surface area contributed by atoms with Gasteiger partial charge in [-0.2, -0.15) is 8.42 Å². The largest absolute Gasteiger partial charge is 0.309 e. The second-order valence-corrected chi connectivity index (χ2v) is 6.76. The molecule has 110 valence electrons. The third-order valence-corrected chi connectivity index (χ3v) is 4.27. The van der Waals surface area contributed by atoms with Gasteiger partial charge in [0.05, 0.1) is 16.5 Å². The molecule has 0 aliphatic carbocycles. The molecule has 1 aliphatic heterocycles. The van der Waals surface area contributed by atoms with Gasteiger partial charge in [-0.05, 0) is 12.1 Å². The SMILES string of the molecule is O=C1CC(CS(=O)(=O)F)CN1c1cc(Cl)cc(Cl)c1F. The van der Waals surface area contributed by atoms with Crippen LogP contribution in [-0.4, -0.2) is 26.6 Å². The maximum absolute atomic E-state index is 13.9. The van der Waals surface area contributed by atoms with E-state index >= 15 is 0 Å². The molecule has 9 heteroatoms. The second-order valence-electron chi connectivity index (χ2n) is 4.50. The van der Waals surface area contributed by atoms with Gasteiger partial charge in [0.2, 0.25) is 5.91 Å². The van der Waals surface area contributed by atoms with Gasteiger partial charge in [0.1, 0.15) is 0 Å². The minimum atomic E-state index is -4.69. The highest BCUT2D eigenvalue weighted by Crippen LogP contribution is 2.34. The van der Waals surface area contributed by atoms with E-state index in [9.17, 15) is 21.5 Å². The molecule has 1 fully saturated rings. The quantitative estimate of drug-likeness (QED) is 0.626. The summed E-state index contributed by atoms with van der Waals surface area (Å²) < 4.78 is 47.7. The number of carbonyl (C=O) groups excluding carboxylic acids is 1. The summed E-state index contributed by atoms with van der Waals surface area (Å²) in [6.45, 7) is -0.102. The zero-order chi connectivity index (χ0) is 15.1. The minimum Gasteiger partial charge on any atom is -0.309 e. The van der Waals surface area contributed by atoms with Crippen LogP contribution in [0.15, 0.2) is 12.1 Å². The van der Waals surface area contributed by atoms with E-state index in [1.54, 1.807) is 0 Å². The molecule has 4 nitrogen and oxygen atoms in total. The lowest BCUT2D eigenvalue weighted by Gasteiger charge is -2.18. The maximum Gasteiger partial charge on any atom is 0.302 e. The van der Waals surface area contributed by atoms with E-state index in [2.05, 4.69) is 0 Å². The Hall–Kier alpha value is -0.920. The standard InChI is InChI=1S/C11H9Cl2F2NO3S/c12-7-2-8(13)11(14)9(3-7)16-4-6(1-10(16)17)5-20(15,18)19/h2-3,6H,1,4-5H2. The summed E-state index contributed by atoms with van der Waals surface area (Å²) in [5, 5.41) is -0.109. The van der Waals surface area contributed by atoms with E-state index < -0.39 is 33.6 Å². The summed E-state index contributed by atoms with van der Waals surface area (Å²) in [5.41, 5.74) is -0.133. The van der Waals surface area contributed by atoms with Gasteiger partial charge in [0.15, 0.2) is 5.82 Å². The first-order chi connectivity index (χ1) is 9.17. The Labute approximate surface area is 124 Å². The van der Waals surface area contributed by atoms with Gasteiger partial charge >= 0.3 is 10.2 Å². The minimum absolute atomic E-state index is 0.102. The van der Waals surface area contributed by atoms with Crippen LogP contribution in [-0.2, 0) is 15.0 Å². The smallest absolute Gasteiger partial charge is 0.302 e. The normalized spacial score (nSPS) is 19.7. The summed E-state index contributed by atoms with van der Waals surface area (Å²) in [7, 11) is -4.69. The van der Waals surface area contributed by atoms with Crippen LogP contribution >= 0.6 is 23.2 Å². The fourth-order valence-corrected chi connectivity index (χ4v) is 3.42. The molecule has 0 saturated carbocycles. The van der Waals surface area contributed by atoms with Gasteiger partial charge in [-0.15, -0.1) is 3.89 Å². The lowest BCUT2D eigenvalue weighted by molar-refractivity contribution is -0.117. The average Bonchev–Trinajstić information content (AvgIpc) is 2.62. The highest BCUT2D eigenvalue weighted by atomic mass is 35.5. The van der Waals surface area contributed by atoms with Crippen molar-refractivity contribution < 1.29 is 21.5 Å². The fourth-order valence-electron chi connectivity index (χ4n) is 2.15. The van der Waals surface area contributed by atoms with E-state index in [4.69, 9.17) is 23.2 Å². The molecule has 0 bridgehead atoms. The van der Waals surface area contributed by atoms with E-state index in [0.29, 0.717) is 0 Å². The molecule has 1 saturated heterocycles. The Balaban J connectivity index is 2.29. The van der Waals surface area contributed by atoms with Crippen molar-refractivity contribution in [3.05, 3.63) is 28.0 Å². The number of hydrogen-bond acceptors (Lipinski definition) is 3. The first kappa shape index (κ1) is 15.5. The first-order valence-electron chi connectivity index (χ1n) is 5.54. The zero-order valence-corrected chi connectivity index (χ0v) is 12.3. The van der Waals surface area contributed by atoms with Crippen LogP contribution in [0.1, 0.15) is 6.42 Å². The van der Waals surface area contributed by atoms with Gasteiger partial charge in [0.25, 0.3) is 0 Å². The summed E-state index contributed by atoms with van der Waals surface area (Å²) in [5.74, 6) is -2.83. The lowest BCUT2D eigenvalue weighted by atomic mass is 10.1. The molecular weight excluding hydrogens is 335 g/mol. The van der Waals surface area contributed by atoms with Crippen LogP contribution in [0.3, 0.4) is 0 Å². The van der Waals surface area contributed by atoms with Crippen molar-refractivity contribution in [2.75, 3.05) is 17.2 Å². The molecule has 1 atom stereocenters. The Bertz CT molecular complexity index is 666. The van der Waals surface area contributed by atoms with Gasteiger partial charge in [-0.25, -0.2) is 4.39 Å². The molecule has 1 aromatic rings. The third-order valence-electron chi connectivity index (χ3n) is 2.90. The topological polar surface area (TPSA) is 54.5 Å². The molecule has 2 rings (SSSR count). The van der Waals surface area contributed by atoms with Crippen LogP contribution < -0.4 is 4.90 Å². The van der Waals surface area contributed by atoms with E-state index in [0.717, 1.165) is 4.90 Å². The van der Waals surface area contributed by atoms with E-state index in [-0.39, 0.29) is 28.7 Å².